The molecule has 5 N–H and O–H groups in total. The van der Waals surface area contributed by atoms with Crippen LogP contribution in [0.3, 0.4) is 0 Å². The summed E-state index contributed by atoms with van der Waals surface area (Å²) < 4.78 is 11.4. The van der Waals surface area contributed by atoms with Crippen LogP contribution in [0.4, 0.5) is 0 Å². The van der Waals surface area contributed by atoms with Crippen molar-refractivity contribution in [2.75, 3.05) is 6.61 Å². The number of nitrogens with zero attached hydrogens (tertiary/aromatic N) is 1. The average molecular weight is 455 g/mol. The lowest BCUT2D eigenvalue weighted by atomic mass is 9.98. The molecule has 1 aliphatic heterocycles. The minimum atomic E-state index is -1.53. The lowest BCUT2D eigenvalue weighted by Crippen LogP contribution is -2.60. The van der Waals surface area contributed by atoms with Gasteiger partial charge in [-0.15, -0.1) is 5.10 Å². The first-order chi connectivity index (χ1) is 16.0. The van der Waals surface area contributed by atoms with Crippen LogP contribution in [0.2, 0.25) is 0 Å². The van der Waals surface area contributed by atoms with E-state index in [1.807, 2.05) is 30.3 Å². The summed E-state index contributed by atoms with van der Waals surface area (Å²) in [5.74, 6) is 0.218. The van der Waals surface area contributed by atoms with E-state index in [0.717, 1.165) is 35.2 Å². The molecule has 5 atom stereocenters. The van der Waals surface area contributed by atoms with Gasteiger partial charge < -0.3 is 29.9 Å². The van der Waals surface area contributed by atoms with Crippen LogP contribution in [0.5, 0.6) is 5.88 Å². The number of hydrogen-bond acceptors (Lipinski definition) is 7. The largest absolute Gasteiger partial charge is 0.443 e. The number of nitrogens with one attached hydrogen (secondary N) is 1. The van der Waals surface area contributed by atoms with Crippen LogP contribution in [0.1, 0.15) is 30.0 Å². The van der Waals surface area contributed by atoms with E-state index < -0.39 is 37.3 Å². The molecule has 0 bridgehead atoms. The van der Waals surface area contributed by atoms with Crippen molar-refractivity contribution in [3.05, 3.63) is 71.3 Å². The summed E-state index contributed by atoms with van der Waals surface area (Å²) in [5.41, 5.74) is 4.79. The molecule has 1 aromatic heterocycles. The molecular weight excluding hydrogens is 424 g/mol. The van der Waals surface area contributed by atoms with Crippen LogP contribution in [-0.2, 0) is 17.6 Å². The number of aromatic amines is 1. The minimum Gasteiger partial charge on any atom is -0.443 e. The van der Waals surface area contributed by atoms with E-state index in [2.05, 4.69) is 41.4 Å². The fourth-order valence-corrected chi connectivity index (χ4v) is 4.04. The summed E-state index contributed by atoms with van der Waals surface area (Å²) >= 11 is 0. The number of aryl methyl sites for hydroxylation is 1. The maximum atomic E-state index is 10.4. The number of ether oxygens (including phenoxy) is 2. The average Bonchev–Trinajstić information content (AvgIpc) is 3.23. The molecule has 2 heterocycles. The monoisotopic (exact) mass is 454 g/mol. The highest BCUT2D eigenvalue weighted by molar-refractivity contribution is 5.66. The number of rotatable bonds is 8. The van der Waals surface area contributed by atoms with Crippen LogP contribution in [0.25, 0.3) is 11.3 Å². The molecule has 1 saturated heterocycles. The Morgan fingerprint density at radius 1 is 0.939 bits per heavy atom. The van der Waals surface area contributed by atoms with E-state index in [1.54, 1.807) is 0 Å². The van der Waals surface area contributed by atoms with Gasteiger partial charge in [-0.05, 0) is 23.1 Å². The second-order valence-corrected chi connectivity index (χ2v) is 8.31. The summed E-state index contributed by atoms with van der Waals surface area (Å²) in [7, 11) is 0. The molecule has 1 fully saturated rings. The maximum Gasteiger partial charge on any atom is 0.239 e. The Bertz CT molecular complexity index is 1020. The highest BCUT2D eigenvalue weighted by Gasteiger charge is 2.45. The zero-order chi connectivity index (χ0) is 23.4. The Kier molecular flexibility index (Phi) is 7.42. The smallest absolute Gasteiger partial charge is 0.239 e. The fraction of sp³-hybridized carbons (Fsp3) is 0.400. The van der Waals surface area contributed by atoms with E-state index in [-0.39, 0.29) is 5.88 Å². The molecule has 0 saturated carbocycles. The SMILES string of the molecule is CCCc1ccc(Cc2c(O[C@@H]3O[C@H](CO)[C@@H](O)[C@H](O)[C@H]3O)n[nH]c2-c2ccccc2)cc1. The molecular formula is C25H30N2O6. The summed E-state index contributed by atoms with van der Waals surface area (Å²) in [6.45, 7) is 1.62. The van der Waals surface area contributed by atoms with Crippen molar-refractivity contribution in [3.63, 3.8) is 0 Å². The zero-order valence-corrected chi connectivity index (χ0v) is 18.5. The first kappa shape index (κ1) is 23.4. The van der Waals surface area contributed by atoms with Gasteiger partial charge in [0, 0.05) is 12.0 Å². The van der Waals surface area contributed by atoms with Crippen molar-refractivity contribution in [1.29, 1.82) is 0 Å². The predicted octanol–water partition coefficient (Wildman–Crippen LogP) is 1.80. The normalized spacial score (nSPS) is 25.2. The number of benzene rings is 2. The van der Waals surface area contributed by atoms with Gasteiger partial charge in [-0.2, -0.15) is 0 Å². The van der Waals surface area contributed by atoms with Crippen molar-refractivity contribution in [3.8, 4) is 17.1 Å². The van der Waals surface area contributed by atoms with Crippen LogP contribution in [-0.4, -0.2) is 67.9 Å². The molecule has 0 spiro atoms. The van der Waals surface area contributed by atoms with Gasteiger partial charge in [0.15, 0.2) is 0 Å². The molecule has 176 valence electrons. The van der Waals surface area contributed by atoms with Gasteiger partial charge in [0.2, 0.25) is 12.2 Å². The van der Waals surface area contributed by atoms with Crippen LogP contribution in [0.15, 0.2) is 54.6 Å². The quantitative estimate of drug-likeness (QED) is 0.351. The molecule has 0 radical (unpaired) electrons. The van der Waals surface area contributed by atoms with E-state index >= 15 is 0 Å². The number of aromatic nitrogens is 2. The van der Waals surface area contributed by atoms with E-state index in [9.17, 15) is 20.4 Å². The van der Waals surface area contributed by atoms with E-state index in [1.165, 1.54) is 5.56 Å². The molecule has 1 aliphatic rings. The molecule has 3 aromatic rings. The minimum absolute atomic E-state index is 0.218. The molecule has 33 heavy (non-hydrogen) atoms. The van der Waals surface area contributed by atoms with Crippen molar-refractivity contribution >= 4 is 0 Å². The molecule has 0 aliphatic carbocycles. The lowest BCUT2D eigenvalue weighted by molar-refractivity contribution is -0.278. The summed E-state index contributed by atoms with van der Waals surface area (Å²) in [5, 5.41) is 47.3. The van der Waals surface area contributed by atoms with Gasteiger partial charge in [0.1, 0.15) is 24.4 Å². The Hall–Kier alpha value is -2.75. The van der Waals surface area contributed by atoms with Gasteiger partial charge in [0.05, 0.1) is 12.3 Å². The van der Waals surface area contributed by atoms with Gasteiger partial charge in [-0.1, -0.05) is 67.9 Å². The topological polar surface area (TPSA) is 128 Å². The fourth-order valence-electron chi connectivity index (χ4n) is 4.04. The predicted molar refractivity (Wildman–Crippen MR) is 122 cm³/mol. The summed E-state index contributed by atoms with van der Waals surface area (Å²) in [4.78, 5) is 0. The third-order valence-electron chi connectivity index (χ3n) is 5.91. The first-order valence-electron chi connectivity index (χ1n) is 11.2. The number of H-pyrrole nitrogens is 1. The first-order valence-corrected chi connectivity index (χ1v) is 11.2. The Morgan fingerprint density at radius 3 is 2.30 bits per heavy atom. The number of aliphatic hydroxyl groups is 4. The Morgan fingerprint density at radius 2 is 1.64 bits per heavy atom. The number of hydrogen-bond donors (Lipinski definition) is 5. The van der Waals surface area contributed by atoms with Crippen molar-refractivity contribution in [2.24, 2.45) is 0 Å². The van der Waals surface area contributed by atoms with E-state index in [0.29, 0.717) is 6.42 Å². The third-order valence-corrected chi connectivity index (χ3v) is 5.91. The second kappa shape index (κ2) is 10.5. The van der Waals surface area contributed by atoms with Gasteiger partial charge in [0.25, 0.3) is 0 Å². The molecule has 0 unspecified atom stereocenters. The standard InChI is InChI=1S/C25H30N2O6/c1-2-6-15-9-11-16(12-10-15)13-18-20(17-7-4-3-5-8-17)26-27-24(18)33-25-23(31)22(30)21(29)19(14-28)32-25/h3-5,7-12,19,21-23,25,28-31H,2,6,13-14H2,1H3,(H,26,27)/t19-,21-,22+,23-,25+/m1/s1. The molecule has 0 amide bonds. The molecule has 8 nitrogen and oxygen atoms in total. The van der Waals surface area contributed by atoms with Crippen LogP contribution in [0, 0.1) is 0 Å². The van der Waals surface area contributed by atoms with Crippen LogP contribution < -0.4 is 4.74 Å². The summed E-state index contributed by atoms with van der Waals surface area (Å²) in [6, 6.07) is 18.1. The molecule has 2 aromatic carbocycles. The van der Waals surface area contributed by atoms with Crippen LogP contribution >= 0.6 is 0 Å². The molecule has 8 heteroatoms. The van der Waals surface area contributed by atoms with Gasteiger partial charge in [-0.3, -0.25) is 5.10 Å². The zero-order valence-electron chi connectivity index (χ0n) is 18.5. The van der Waals surface area contributed by atoms with Crippen molar-refractivity contribution in [1.82, 2.24) is 10.2 Å². The van der Waals surface area contributed by atoms with Gasteiger partial charge >= 0.3 is 0 Å². The highest BCUT2D eigenvalue weighted by Crippen LogP contribution is 2.33. The van der Waals surface area contributed by atoms with Crippen molar-refractivity contribution < 1.29 is 29.9 Å². The van der Waals surface area contributed by atoms with Crippen molar-refractivity contribution in [2.45, 2.75) is 56.9 Å². The second-order valence-electron chi connectivity index (χ2n) is 8.31. The maximum absolute atomic E-state index is 10.4. The third kappa shape index (κ3) is 5.10. The highest BCUT2D eigenvalue weighted by atomic mass is 16.7. The van der Waals surface area contributed by atoms with E-state index in [4.69, 9.17) is 9.47 Å². The Labute approximate surface area is 192 Å². The summed E-state index contributed by atoms with van der Waals surface area (Å²) in [6.07, 6.45) is -4.24. The van der Waals surface area contributed by atoms with Gasteiger partial charge in [-0.25, -0.2) is 0 Å². The Balaban J connectivity index is 1.64. The molecule has 4 rings (SSSR count). The lowest BCUT2D eigenvalue weighted by Gasteiger charge is -2.39. The number of aliphatic hydroxyl groups excluding tert-OH is 4.